The van der Waals surface area contributed by atoms with E-state index in [2.05, 4.69) is 41.5 Å². The molecule has 6 nitrogen and oxygen atoms in total. The third-order valence-corrected chi connectivity index (χ3v) is 5.63. The third kappa shape index (κ3) is 5.58. The van der Waals surface area contributed by atoms with Crippen molar-refractivity contribution in [3.8, 4) is 11.4 Å². The molecule has 170 valence electrons. The number of fused-ring (bicyclic) bond motifs is 1. The first kappa shape index (κ1) is 22.5. The van der Waals surface area contributed by atoms with Gasteiger partial charge in [0.25, 0.3) is 5.91 Å². The highest BCUT2D eigenvalue weighted by atomic mass is 16.5. The molecule has 0 saturated heterocycles. The number of aryl methyl sites for hydroxylation is 1. The molecule has 0 fully saturated rings. The highest BCUT2D eigenvalue weighted by Crippen LogP contribution is 2.20. The minimum Gasteiger partial charge on any atom is -0.491 e. The largest absolute Gasteiger partial charge is 0.491 e. The van der Waals surface area contributed by atoms with E-state index in [1.54, 1.807) is 16.9 Å². The van der Waals surface area contributed by atoms with Gasteiger partial charge in [0, 0.05) is 11.3 Å². The molecule has 0 bridgehead atoms. The van der Waals surface area contributed by atoms with E-state index in [1.165, 1.54) is 18.4 Å². The van der Waals surface area contributed by atoms with Crippen molar-refractivity contribution >= 4 is 22.6 Å². The van der Waals surface area contributed by atoms with Crippen molar-refractivity contribution in [3.05, 3.63) is 77.9 Å². The van der Waals surface area contributed by atoms with Crippen LogP contribution in [0.15, 0.2) is 66.7 Å². The van der Waals surface area contributed by atoms with E-state index in [-0.39, 0.29) is 12.0 Å². The molecule has 6 heteroatoms. The summed E-state index contributed by atoms with van der Waals surface area (Å²) in [6.07, 6.45) is 4.46. The number of aromatic nitrogens is 3. The normalized spacial score (nSPS) is 12.0. The molecule has 0 radical (unpaired) electrons. The highest BCUT2D eigenvalue weighted by Gasteiger charge is 2.11. The number of benzene rings is 3. The lowest BCUT2D eigenvalue weighted by atomic mass is 10.1. The van der Waals surface area contributed by atoms with Crippen molar-refractivity contribution in [1.29, 1.82) is 0 Å². The Balaban J connectivity index is 1.48. The SMILES string of the molecule is CCCCc1ccc(-n2nc3ccc(NC(=O)c4cccc(OC(C)CC)c4)cc3n2)cc1. The van der Waals surface area contributed by atoms with Gasteiger partial charge in [-0.25, -0.2) is 0 Å². The predicted molar refractivity (Wildman–Crippen MR) is 132 cm³/mol. The Hall–Kier alpha value is -3.67. The smallest absolute Gasteiger partial charge is 0.255 e. The second kappa shape index (κ2) is 10.3. The lowest BCUT2D eigenvalue weighted by Crippen LogP contribution is -2.13. The van der Waals surface area contributed by atoms with E-state index in [9.17, 15) is 4.79 Å². The molecule has 1 amide bonds. The Morgan fingerprint density at radius 2 is 1.79 bits per heavy atom. The number of hydrogen-bond donors (Lipinski definition) is 1. The number of carbonyl (C=O) groups is 1. The summed E-state index contributed by atoms with van der Waals surface area (Å²) in [5.74, 6) is 0.495. The van der Waals surface area contributed by atoms with Gasteiger partial charge in [-0.05, 0) is 80.3 Å². The molecule has 1 atom stereocenters. The van der Waals surface area contributed by atoms with Crippen LogP contribution in [-0.4, -0.2) is 27.0 Å². The summed E-state index contributed by atoms with van der Waals surface area (Å²) in [5, 5.41) is 12.1. The Kier molecular flexibility index (Phi) is 7.03. The molecule has 0 spiro atoms. The third-order valence-electron chi connectivity index (χ3n) is 5.63. The van der Waals surface area contributed by atoms with Crippen LogP contribution in [0.25, 0.3) is 16.7 Å². The summed E-state index contributed by atoms with van der Waals surface area (Å²) in [6, 6.07) is 21.1. The van der Waals surface area contributed by atoms with Gasteiger partial charge in [-0.1, -0.05) is 38.5 Å². The van der Waals surface area contributed by atoms with Gasteiger partial charge >= 0.3 is 0 Å². The van der Waals surface area contributed by atoms with Gasteiger partial charge in [0.05, 0.1) is 11.8 Å². The van der Waals surface area contributed by atoms with Gasteiger partial charge in [0.2, 0.25) is 0 Å². The van der Waals surface area contributed by atoms with Gasteiger partial charge in [0.15, 0.2) is 0 Å². The van der Waals surface area contributed by atoms with Crippen LogP contribution in [0.5, 0.6) is 5.75 Å². The van der Waals surface area contributed by atoms with Crippen molar-refractivity contribution in [2.45, 2.75) is 52.6 Å². The summed E-state index contributed by atoms with van der Waals surface area (Å²) < 4.78 is 5.83. The number of unbranched alkanes of at least 4 members (excludes halogenated alkanes) is 1. The van der Waals surface area contributed by atoms with Gasteiger partial charge in [-0.15, -0.1) is 10.2 Å². The minimum atomic E-state index is -0.195. The predicted octanol–water partition coefficient (Wildman–Crippen LogP) is 6.19. The summed E-state index contributed by atoms with van der Waals surface area (Å²) in [6.45, 7) is 6.27. The Labute approximate surface area is 194 Å². The number of anilines is 1. The molecule has 1 unspecified atom stereocenters. The Morgan fingerprint density at radius 1 is 1.00 bits per heavy atom. The summed E-state index contributed by atoms with van der Waals surface area (Å²) >= 11 is 0. The number of nitrogens with zero attached hydrogens (tertiary/aromatic N) is 3. The van der Waals surface area contributed by atoms with Crippen LogP contribution in [0.1, 0.15) is 56.0 Å². The van der Waals surface area contributed by atoms with Crippen LogP contribution in [0.4, 0.5) is 5.69 Å². The van der Waals surface area contributed by atoms with E-state index in [1.807, 2.05) is 49.4 Å². The molecule has 1 N–H and O–H groups in total. The molecule has 0 aliphatic carbocycles. The van der Waals surface area contributed by atoms with E-state index >= 15 is 0 Å². The first-order valence-corrected chi connectivity index (χ1v) is 11.6. The van der Waals surface area contributed by atoms with E-state index in [0.717, 1.165) is 29.6 Å². The van der Waals surface area contributed by atoms with Crippen LogP contribution in [0.2, 0.25) is 0 Å². The standard InChI is InChI=1S/C27H30N4O2/c1-4-6-8-20-11-14-23(15-12-20)31-29-25-16-13-22(18-26(25)30-31)28-27(32)21-9-7-10-24(17-21)33-19(3)5-2/h7,9-19H,4-6,8H2,1-3H3,(H,28,32). The number of nitrogens with one attached hydrogen (secondary N) is 1. The summed E-state index contributed by atoms with van der Waals surface area (Å²) in [7, 11) is 0. The van der Waals surface area contributed by atoms with E-state index < -0.39 is 0 Å². The zero-order valence-corrected chi connectivity index (χ0v) is 19.4. The number of rotatable bonds is 9. The maximum atomic E-state index is 12.8. The van der Waals surface area contributed by atoms with Crippen molar-refractivity contribution in [2.24, 2.45) is 0 Å². The molecule has 0 saturated carbocycles. The fraction of sp³-hybridized carbons (Fsp3) is 0.296. The number of carbonyl (C=O) groups excluding carboxylic acids is 1. The van der Waals surface area contributed by atoms with Crippen molar-refractivity contribution < 1.29 is 9.53 Å². The lowest BCUT2D eigenvalue weighted by molar-refractivity contribution is 0.102. The highest BCUT2D eigenvalue weighted by molar-refractivity contribution is 6.05. The molecule has 0 aliphatic heterocycles. The molecule has 4 aromatic rings. The molecule has 0 aliphatic rings. The number of ether oxygens (including phenoxy) is 1. The van der Waals surface area contributed by atoms with Crippen LogP contribution in [-0.2, 0) is 6.42 Å². The zero-order chi connectivity index (χ0) is 23.2. The maximum Gasteiger partial charge on any atom is 0.255 e. The lowest BCUT2D eigenvalue weighted by Gasteiger charge is -2.13. The molecule has 4 rings (SSSR count). The van der Waals surface area contributed by atoms with Crippen molar-refractivity contribution in [2.75, 3.05) is 5.32 Å². The Bertz CT molecular complexity index is 1230. The second-order valence-electron chi connectivity index (χ2n) is 8.28. The van der Waals surface area contributed by atoms with E-state index in [0.29, 0.717) is 17.0 Å². The van der Waals surface area contributed by atoms with Crippen molar-refractivity contribution in [1.82, 2.24) is 15.0 Å². The summed E-state index contributed by atoms with van der Waals surface area (Å²) in [5.41, 5.74) is 4.94. The topological polar surface area (TPSA) is 69.0 Å². The first-order chi connectivity index (χ1) is 16.1. The number of hydrogen-bond acceptors (Lipinski definition) is 4. The molecule has 1 heterocycles. The van der Waals surface area contributed by atoms with Crippen LogP contribution in [0, 0.1) is 0 Å². The average Bonchev–Trinajstić information content (AvgIpc) is 3.26. The molecule has 33 heavy (non-hydrogen) atoms. The van der Waals surface area contributed by atoms with Crippen LogP contribution < -0.4 is 10.1 Å². The van der Waals surface area contributed by atoms with Gasteiger partial charge < -0.3 is 10.1 Å². The maximum absolute atomic E-state index is 12.8. The van der Waals surface area contributed by atoms with Gasteiger partial charge in [0.1, 0.15) is 16.8 Å². The van der Waals surface area contributed by atoms with Crippen molar-refractivity contribution in [3.63, 3.8) is 0 Å². The zero-order valence-electron chi connectivity index (χ0n) is 19.4. The van der Waals surface area contributed by atoms with E-state index in [4.69, 9.17) is 4.74 Å². The molecular weight excluding hydrogens is 412 g/mol. The van der Waals surface area contributed by atoms with Gasteiger partial charge in [-0.3, -0.25) is 4.79 Å². The Morgan fingerprint density at radius 3 is 2.55 bits per heavy atom. The van der Waals surface area contributed by atoms with Gasteiger partial charge in [-0.2, -0.15) is 4.80 Å². The first-order valence-electron chi connectivity index (χ1n) is 11.6. The molecular formula is C27H30N4O2. The fourth-order valence-electron chi connectivity index (χ4n) is 3.51. The minimum absolute atomic E-state index is 0.0980. The fourth-order valence-corrected chi connectivity index (χ4v) is 3.51. The average molecular weight is 443 g/mol. The van der Waals surface area contributed by atoms with Crippen LogP contribution >= 0.6 is 0 Å². The second-order valence-corrected chi connectivity index (χ2v) is 8.28. The number of amides is 1. The summed E-state index contributed by atoms with van der Waals surface area (Å²) in [4.78, 5) is 14.4. The van der Waals surface area contributed by atoms with Crippen LogP contribution in [0.3, 0.4) is 0 Å². The quantitative estimate of drug-likeness (QED) is 0.335. The molecule has 1 aromatic heterocycles. The molecule has 3 aromatic carbocycles. The monoisotopic (exact) mass is 442 g/mol.